The largest absolute Gasteiger partial charge is 0.490 e. The Morgan fingerprint density at radius 1 is 1.15 bits per heavy atom. The summed E-state index contributed by atoms with van der Waals surface area (Å²) < 4.78 is 10.6. The van der Waals surface area contributed by atoms with Crippen LogP contribution < -0.4 is 14.8 Å². The number of aryl methyl sites for hydroxylation is 1. The van der Waals surface area contributed by atoms with Crippen molar-refractivity contribution in [1.82, 2.24) is 4.90 Å². The van der Waals surface area contributed by atoms with Gasteiger partial charge < -0.3 is 14.8 Å². The number of carbonyl (C=O) groups excluding carboxylic acids is 4. The summed E-state index contributed by atoms with van der Waals surface area (Å²) in [5.74, 6) is -1.01. The minimum Gasteiger partial charge on any atom is -0.490 e. The quantitative estimate of drug-likeness (QED) is 0.344. The fourth-order valence-electron chi connectivity index (χ4n) is 2.97. The van der Waals surface area contributed by atoms with Gasteiger partial charge in [0.2, 0.25) is 5.91 Å². The number of ether oxygens (including phenoxy) is 2. The molecule has 8 nitrogen and oxygen atoms in total. The van der Waals surface area contributed by atoms with E-state index < -0.39 is 29.6 Å². The first-order valence-corrected chi connectivity index (χ1v) is 11.1. The lowest BCUT2D eigenvalue weighted by atomic mass is 10.2. The van der Waals surface area contributed by atoms with E-state index in [1.807, 2.05) is 0 Å². The molecule has 0 aromatic heterocycles. The topological polar surface area (TPSA) is 102 Å². The number of rotatable bonds is 7. The summed E-state index contributed by atoms with van der Waals surface area (Å²) in [5, 5.41) is 2.58. The van der Waals surface area contributed by atoms with Crippen LogP contribution in [0.5, 0.6) is 11.5 Å². The Hall–Kier alpha value is -3.30. The number of nitrogens with one attached hydrogen (secondary N) is 1. The molecule has 2 aromatic rings. The summed E-state index contributed by atoms with van der Waals surface area (Å²) in [7, 11) is 0. The van der Waals surface area contributed by atoms with Crippen molar-refractivity contribution in [3.63, 3.8) is 0 Å². The molecule has 1 N–H and O–H groups in total. The van der Waals surface area contributed by atoms with E-state index in [1.165, 1.54) is 13.0 Å². The number of halogens is 1. The third kappa shape index (κ3) is 6.15. The number of esters is 1. The highest BCUT2D eigenvalue weighted by Gasteiger charge is 2.36. The number of carbonyl (C=O) groups is 4. The molecule has 0 aliphatic carbocycles. The molecule has 0 unspecified atom stereocenters. The maximum Gasteiger partial charge on any atom is 0.308 e. The zero-order valence-corrected chi connectivity index (χ0v) is 19.7. The predicted molar refractivity (Wildman–Crippen MR) is 126 cm³/mol. The van der Waals surface area contributed by atoms with Gasteiger partial charge in [-0.15, -0.1) is 0 Å². The van der Waals surface area contributed by atoms with Gasteiger partial charge in [-0.3, -0.25) is 24.1 Å². The minimum atomic E-state index is -0.579. The van der Waals surface area contributed by atoms with E-state index >= 15 is 0 Å². The van der Waals surface area contributed by atoms with Crippen LogP contribution in [0.4, 0.5) is 10.5 Å². The van der Waals surface area contributed by atoms with E-state index in [2.05, 4.69) is 5.32 Å². The van der Waals surface area contributed by atoms with Gasteiger partial charge in [0.1, 0.15) is 6.54 Å². The van der Waals surface area contributed by atoms with E-state index in [0.29, 0.717) is 28.6 Å². The molecule has 10 heteroatoms. The van der Waals surface area contributed by atoms with Gasteiger partial charge in [-0.1, -0.05) is 23.7 Å². The summed E-state index contributed by atoms with van der Waals surface area (Å²) in [4.78, 5) is 49.9. The van der Waals surface area contributed by atoms with Crippen LogP contribution in [0.3, 0.4) is 0 Å². The molecule has 0 radical (unpaired) electrons. The normalized spacial score (nSPS) is 14.5. The number of amides is 3. The van der Waals surface area contributed by atoms with Gasteiger partial charge in [-0.05, 0) is 67.1 Å². The molecule has 1 aliphatic rings. The van der Waals surface area contributed by atoms with Gasteiger partial charge in [0, 0.05) is 17.6 Å². The van der Waals surface area contributed by atoms with Crippen LogP contribution >= 0.6 is 23.4 Å². The second-order valence-corrected chi connectivity index (χ2v) is 8.44. The van der Waals surface area contributed by atoms with Gasteiger partial charge in [0.15, 0.2) is 11.5 Å². The lowest BCUT2D eigenvalue weighted by molar-refractivity contribution is -0.132. The Labute approximate surface area is 199 Å². The highest BCUT2D eigenvalue weighted by atomic mass is 35.5. The molecule has 3 amide bonds. The number of anilines is 1. The number of imide groups is 1. The van der Waals surface area contributed by atoms with Crippen molar-refractivity contribution in [2.75, 3.05) is 18.5 Å². The van der Waals surface area contributed by atoms with Crippen LogP contribution in [0.25, 0.3) is 6.08 Å². The number of hydrogen-bond acceptors (Lipinski definition) is 7. The van der Waals surface area contributed by atoms with Crippen molar-refractivity contribution < 1.29 is 28.7 Å². The van der Waals surface area contributed by atoms with Crippen LogP contribution in [0.2, 0.25) is 5.02 Å². The highest BCUT2D eigenvalue weighted by Crippen LogP contribution is 2.34. The van der Waals surface area contributed by atoms with Gasteiger partial charge in [0.25, 0.3) is 11.1 Å². The van der Waals surface area contributed by atoms with Crippen LogP contribution in [0.1, 0.15) is 25.0 Å². The first-order chi connectivity index (χ1) is 15.7. The van der Waals surface area contributed by atoms with Gasteiger partial charge >= 0.3 is 5.97 Å². The molecule has 172 valence electrons. The molecule has 0 atom stereocenters. The van der Waals surface area contributed by atoms with Crippen molar-refractivity contribution >= 4 is 58.1 Å². The molecule has 1 aliphatic heterocycles. The average Bonchev–Trinajstić information content (AvgIpc) is 3.00. The van der Waals surface area contributed by atoms with Crippen molar-refractivity contribution in [2.24, 2.45) is 0 Å². The summed E-state index contributed by atoms with van der Waals surface area (Å²) in [6.45, 7) is 4.78. The monoisotopic (exact) mass is 488 g/mol. The smallest absolute Gasteiger partial charge is 0.308 e. The maximum absolute atomic E-state index is 12.8. The molecule has 0 saturated carbocycles. The molecular formula is C23H21ClN2O6S. The summed E-state index contributed by atoms with van der Waals surface area (Å²) in [6.07, 6.45) is 1.52. The predicted octanol–water partition coefficient (Wildman–Crippen LogP) is 4.65. The van der Waals surface area contributed by atoms with E-state index in [-0.39, 0.29) is 10.7 Å². The summed E-state index contributed by atoms with van der Waals surface area (Å²) in [5.41, 5.74) is 1.87. The molecule has 33 heavy (non-hydrogen) atoms. The molecule has 1 saturated heterocycles. The molecule has 0 bridgehead atoms. The third-order valence-electron chi connectivity index (χ3n) is 4.47. The summed E-state index contributed by atoms with van der Waals surface area (Å²) >= 11 is 6.70. The van der Waals surface area contributed by atoms with Crippen molar-refractivity contribution in [3.05, 3.63) is 57.5 Å². The number of hydrogen-bond donors (Lipinski definition) is 1. The SMILES string of the molecule is CCOc1cc(/C=C2/SC(=O)N(CC(=O)Nc3cc(Cl)ccc3C)C2=O)ccc1OC(C)=O. The standard InChI is InChI=1S/C23H21ClN2O6S/c1-4-31-19-9-15(6-8-18(19)32-14(3)27)10-20-22(29)26(23(30)33-20)12-21(28)25-17-11-16(24)7-5-13(17)2/h5-11H,4,12H2,1-3H3,(H,25,28)/b20-10+. The number of nitrogens with zero attached hydrogens (tertiary/aromatic N) is 1. The zero-order chi connectivity index (χ0) is 24.1. The maximum atomic E-state index is 12.8. The fraction of sp³-hybridized carbons (Fsp3) is 0.217. The van der Waals surface area contributed by atoms with Gasteiger partial charge in [-0.2, -0.15) is 0 Å². The minimum absolute atomic E-state index is 0.162. The Balaban J connectivity index is 1.75. The van der Waals surface area contributed by atoms with E-state index in [9.17, 15) is 19.2 Å². The zero-order valence-electron chi connectivity index (χ0n) is 18.1. The second-order valence-electron chi connectivity index (χ2n) is 7.01. The van der Waals surface area contributed by atoms with Gasteiger partial charge in [-0.25, -0.2) is 0 Å². The van der Waals surface area contributed by atoms with Crippen LogP contribution in [-0.2, 0) is 14.4 Å². The van der Waals surface area contributed by atoms with Crippen LogP contribution in [0.15, 0.2) is 41.3 Å². The van der Waals surface area contributed by atoms with Crippen molar-refractivity contribution in [3.8, 4) is 11.5 Å². The summed E-state index contributed by atoms with van der Waals surface area (Å²) in [6, 6.07) is 9.82. The molecule has 1 heterocycles. The number of thioether (sulfide) groups is 1. The van der Waals surface area contributed by atoms with E-state index in [1.54, 1.807) is 50.2 Å². The lowest BCUT2D eigenvalue weighted by Gasteiger charge is -2.14. The second kappa shape index (κ2) is 10.5. The first kappa shape index (κ1) is 24.3. The number of benzene rings is 2. The van der Waals surface area contributed by atoms with Crippen molar-refractivity contribution in [1.29, 1.82) is 0 Å². The Bertz CT molecular complexity index is 1160. The first-order valence-electron chi connectivity index (χ1n) is 9.94. The Morgan fingerprint density at radius 3 is 2.61 bits per heavy atom. The highest BCUT2D eigenvalue weighted by molar-refractivity contribution is 8.18. The van der Waals surface area contributed by atoms with Crippen molar-refractivity contribution in [2.45, 2.75) is 20.8 Å². The molecule has 3 rings (SSSR count). The molecular weight excluding hydrogens is 468 g/mol. The van der Waals surface area contributed by atoms with E-state index in [4.69, 9.17) is 21.1 Å². The Morgan fingerprint density at radius 2 is 1.91 bits per heavy atom. The molecule has 1 fully saturated rings. The molecule has 2 aromatic carbocycles. The lowest BCUT2D eigenvalue weighted by Crippen LogP contribution is -2.36. The average molecular weight is 489 g/mol. The van der Waals surface area contributed by atoms with Crippen LogP contribution in [0, 0.1) is 6.92 Å². The van der Waals surface area contributed by atoms with Crippen LogP contribution in [-0.4, -0.2) is 41.1 Å². The van der Waals surface area contributed by atoms with E-state index in [0.717, 1.165) is 22.2 Å². The van der Waals surface area contributed by atoms with Gasteiger partial charge in [0.05, 0.1) is 11.5 Å². The molecule has 0 spiro atoms. The third-order valence-corrected chi connectivity index (χ3v) is 5.61. The fourth-order valence-corrected chi connectivity index (χ4v) is 3.98. The Kier molecular flexibility index (Phi) is 7.78.